The van der Waals surface area contributed by atoms with E-state index in [0.29, 0.717) is 29.4 Å². The first-order chi connectivity index (χ1) is 15.2. The maximum Gasteiger partial charge on any atom is 0.265 e. The first-order valence-corrected chi connectivity index (χ1v) is 12.5. The predicted molar refractivity (Wildman–Crippen MR) is 125 cm³/mol. The van der Waals surface area contributed by atoms with Gasteiger partial charge in [0.15, 0.2) is 6.10 Å². The molecule has 2 amide bonds. The number of hydrogen-bond donors (Lipinski definition) is 1. The van der Waals surface area contributed by atoms with Gasteiger partial charge in [0, 0.05) is 31.1 Å². The molecule has 32 heavy (non-hydrogen) atoms. The van der Waals surface area contributed by atoms with Gasteiger partial charge in [0.25, 0.3) is 11.8 Å². The van der Waals surface area contributed by atoms with Gasteiger partial charge < -0.3 is 15.0 Å². The van der Waals surface area contributed by atoms with Gasteiger partial charge in [-0.15, -0.1) is 0 Å². The van der Waals surface area contributed by atoms with Crippen molar-refractivity contribution in [2.45, 2.75) is 26.4 Å². The fourth-order valence-electron chi connectivity index (χ4n) is 3.55. The Bertz CT molecular complexity index is 1120. The van der Waals surface area contributed by atoms with Gasteiger partial charge in [-0.25, -0.2) is 8.42 Å². The van der Waals surface area contributed by atoms with Gasteiger partial charge in [0.05, 0.1) is 23.2 Å². The molecular weight excluding hydrogens is 454 g/mol. The van der Waals surface area contributed by atoms with E-state index in [0.717, 1.165) is 6.26 Å². The zero-order valence-corrected chi connectivity index (χ0v) is 19.7. The third-order valence-electron chi connectivity index (χ3n) is 5.21. The van der Waals surface area contributed by atoms with Crippen molar-refractivity contribution in [3.05, 3.63) is 53.1 Å². The van der Waals surface area contributed by atoms with Gasteiger partial charge >= 0.3 is 0 Å². The molecule has 172 valence electrons. The molecule has 0 fully saturated rings. The van der Waals surface area contributed by atoms with Gasteiger partial charge in [0.2, 0.25) is 10.0 Å². The van der Waals surface area contributed by atoms with E-state index in [9.17, 15) is 18.0 Å². The number of amides is 2. The van der Waals surface area contributed by atoms with Crippen molar-refractivity contribution in [1.82, 2.24) is 4.90 Å². The molecule has 1 aliphatic heterocycles. The van der Waals surface area contributed by atoms with Crippen molar-refractivity contribution in [2.24, 2.45) is 0 Å². The Balaban J connectivity index is 1.87. The van der Waals surface area contributed by atoms with Crippen LogP contribution in [0.3, 0.4) is 0 Å². The first kappa shape index (κ1) is 23.9. The molecule has 1 atom stereocenters. The smallest absolute Gasteiger partial charge is 0.265 e. The SMILES string of the molecule is CCN(CC)C(=O)c1ccccc1NC(=O)[C@H]1CCN(S(C)(=O)=O)c2cc(Cl)ccc2O1. The summed E-state index contributed by atoms with van der Waals surface area (Å²) in [6, 6.07) is 11.4. The molecule has 0 radical (unpaired) electrons. The summed E-state index contributed by atoms with van der Waals surface area (Å²) in [4.78, 5) is 27.6. The lowest BCUT2D eigenvalue weighted by Crippen LogP contribution is -2.36. The zero-order valence-electron chi connectivity index (χ0n) is 18.2. The summed E-state index contributed by atoms with van der Waals surface area (Å²) in [5.74, 6) is -0.415. The molecule has 8 nitrogen and oxygen atoms in total. The minimum atomic E-state index is -3.61. The number of nitrogens with one attached hydrogen (secondary N) is 1. The summed E-state index contributed by atoms with van der Waals surface area (Å²) in [7, 11) is -3.61. The Hall–Kier alpha value is -2.78. The number of para-hydroxylation sites is 1. The molecule has 2 aromatic carbocycles. The van der Waals surface area contributed by atoms with Gasteiger partial charge in [0.1, 0.15) is 5.75 Å². The van der Waals surface area contributed by atoms with Gasteiger partial charge in [-0.1, -0.05) is 23.7 Å². The molecule has 0 saturated heterocycles. The van der Waals surface area contributed by atoms with Crippen LogP contribution in [0.5, 0.6) is 5.75 Å². The highest BCUT2D eigenvalue weighted by Crippen LogP contribution is 2.36. The Morgan fingerprint density at radius 1 is 1.19 bits per heavy atom. The fraction of sp³-hybridized carbons (Fsp3) is 0.364. The third-order valence-corrected chi connectivity index (χ3v) is 6.63. The van der Waals surface area contributed by atoms with Crippen LogP contribution in [0.2, 0.25) is 5.02 Å². The Morgan fingerprint density at radius 3 is 2.53 bits per heavy atom. The van der Waals surface area contributed by atoms with Crippen molar-refractivity contribution in [3.63, 3.8) is 0 Å². The van der Waals surface area contributed by atoms with E-state index in [-0.39, 0.29) is 30.3 Å². The molecule has 0 unspecified atom stereocenters. The quantitative estimate of drug-likeness (QED) is 0.685. The zero-order chi connectivity index (χ0) is 23.5. The average molecular weight is 480 g/mol. The van der Waals surface area contributed by atoms with Crippen LogP contribution in [-0.2, 0) is 14.8 Å². The van der Waals surface area contributed by atoms with E-state index in [4.69, 9.17) is 16.3 Å². The van der Waals surface area contributed by atoms with Crippen molar-refractivity contribution >= 4 is 44.8 Å². The molecule has 0 bridgehead atoms. The van der Waals surface area contributed by atoms with Crippen LogP contribution in [0.15, 0.2) is 42.5 Å². The summed E-state index contributed by atoms with van der Waals surface area (Å²) < 4.78 is 31.7. The summed E-state index contributed by atoms with van der Waals surface area (Å²) >= 11 is 6.06. The highest BCUT2D eigenvalue weighted by Gasteiger charge is 2.32. The number of ether oxygens (including phenoxy) is 1. The average Bonchev–Trinajstić information content (AvgIpc) is 2.94. The molecule has 1 heterocycles. The van der Waals surface area contributed by atoms with E-state index in [1.54, 1.807) is 41.3 Å². The van der Waals surface area contributed by atoms with Gasteiger partial charge in [-0.3, -0.25) is 13.9 Å². The second-order valence-electron chi connectivity index (χ2n) is 7.35. The van der Waals surface area contributed by atoms with Crippen molar-refractivity contribution in [2.75, 3.05) is 35.5 Å². The molecule has 2 aromatic rings. The maximum absolute atomic E-state index is 13.1. The van der Waals surface area contributed by atoms with Crippen LogP contribution in [0.4, 0.5) is 11.4 Å². The number of anilines is 2. The maximum atomic E-state index is 13.1. The minimum absolute atomic E-state index is 0.0459. The number of rotatable bonds is 6. The highest BCUT2D eigenvalue weighted by atomic mass is 35.5. The van der Waals surface area contributed by atoms with Crippen molar-refractivity contribution < 1.29 is 22.7 Å². The van der Waals surface area contributed by atoms with E-state index in [1.807, 2.05) is 13.8 Å². The summed E-state index contributed by atoms with van der Waals surface area (Å²) in [6.07, 6.45) is 0.253. The molecule has 3 rings (SSSR count). The molecule has 0 saturated carbocycles. The number of fused-ring (bicyclic) bond motifs is 1. The Morgan fingerprint density at radius 2 is 1.88 bits per heavy atom. The lowest BCUT2D eigenvalue weighted by molar-refractivity contribution is -0.122. The van der Waals surface area contributed by atoms with Crippen LogP contribution in [0.1, 0.15) is 30.6 Å². The van der Waals surface area contributed by atoms with Crippen LogP contribution < -0.4 is 14.4 Å². The number of carbonyl (C=O) groups is 2. The van der Waals surface area contributed by atoms with Crippen LogP contribution in [0, 0.1) is 0 Å². The minimum Gasteiger partial charge on any atom is -0.478 e. The fourth-order valence-corrected chi connectivity index (χ4v) is 4.66. The van der Waals surface area contributed by atoms with Gasteiger partial charge in [-0.2, -0.15) is 0 Å². The topological polar surface area (TPSA) is 96.0 Å². The van der Waals surface area contributed by atoms with Crippen LogP contribution >= 0.6 is 11.6 Å². The number of carbonyl (C=O) groups excluding carboxylic acids is 2. The number of hydrogen-bond acceptors (Lipinski definition) is 5. The van der Waals surface area contributed by atoms with E-state index >= 15 is 0 Å². The molecule has 0 spiro atoms. The number of halogens is 1. The summed E-state index contributed by atoms with van der Waals surface area (Å²) in [6.45, 7) is 4.91. The van der Waals surface area contributed by atoms with Crippen molar-refractivity contribution in [1.29, 1.82) is 0 Å². The van der Waals surface area contributed by atoms with E-state index < -0.39 is 22.0 Å². The summed E-state index contributed by atoms with van der Waals surface area (Å²) in [5, 5.41) is 3.14. The predicted octanol–water partition coefficient (Wildman–Crippen LogP) is 3.38. The second-order valence-corrected chi connectivity index (χ2v) is 9.70. The molecule has 1 N–H and O–H groups in total. The standard InChI is InChI=1S/C22H26ClN3O5S/c1-4-25(5-2)22(28)16-8-6-7-9-17(16)24-21(27)20-12-13-26(32(3,29)30)18-14-15(23)10-11-19(18)31-20/h6-11,14,20H,4-5,12-13H2,1-3H3,(H,24,27)/t20-/m1/s1. The monoisotopic (exact) mass is 479 g/mol. The number of sulfonamides is 1. The highest BCUT2D eigenvalue weighted by molar-refractivity contribution is 7.92. The van der Waals surface area contributed by atoms with Crippen molar-refractivity contribution in [3.8, 4) is 5.75 Å². The summed E-state index contributed by atoms with van der Waals surface area (Å²) in [5.41, 5.74) is 1.04. The van der Waals surface area contributed by atoms with E-state index in [2.05, 4.69) is 5.32 Å². The molecule has 0 aromatic heterocycles. The van der Waals surface area contributed by atoms with Gasteiger partial charge in [-0.05, 0) is 44.2 Å². The largest absolute Gasteiger partial charge is 0.478 e. The first-order valence-electron chi connectivity index (χ1n) is 10.3. The molecule has 0 aliphatic carbocycles. The molecular formula is C22H26ClN3O5S. The lowest BCUT2D eigenvalue weighted by atomic mass is 10.1. The molecule has 10 heteroatoms. The molecule has 1 aliphatic rings. The number of nitrogens with zero attached hydrogens (tertiary/aromatic N) is 2. The Labute approximate surface area is 193 Å². The normalized spacial score (nSPS) is 15.9. The van der Waals surface area contributed by atoms with Crippen LogP contribution in [0.25, 0.3) is 0 Å². The Kier molecular flexibility index (Phi) is 7.30. The lowest BCUT2D eigenvalue weighted by Gasteiger charge is -2.21. The van der Waals surface area contributed by atoms with Crippen LogP contribution in [-0.4, -0.2) is 57.1 Å². The number of benzene rings is 2. The van der Waals surface area contributed by atoms with E-state index in [1.165, 1.54) is 10.4 Å². The third kappa shape index (κ3) is 5.16. The second kappa shape index (κ2) is 9.79.